The lowest BCUT2D eigenvalue weighted by molar-refractivity contribution is 0.133. The Balaban J connectivity index is 0.000000861. The van der Waals surface area contributed by atoms with E-state index in [1.807, 2.05) is 30.3 Å². The van der Waals surface area contributed by atoms with Crippen LogP contribution in [0, 0.1) is 0 Å². The van der Waals surface area contributed by atoms with Crippen molar-refractivity contribution in [3.63, 3.8) is 0 Å². The van der Waals surface area contributed by atoms with E-state index in [1.54, 1.807) is 0 Å². The molecule has 1 fully saturated rings. The van der Waals surface area contributed by atoms with Crippen LogP contribution in [-0.4, -0.2) is 24.4 Å². The van der Waals surface area contributed by atoms with Gasteiger partial charge in [-0.2, -0.15) is 0 Å². The van der Waals surface area contributed by atoms with Gasteiger partial charge in [0.2, 0.25) is 0 Å². The molecule has 4 heteroatoms. The number of benzene rings is 1. The van der Waals surface area contributed by atoms with Gasteiger partial charge in [0.1, 0.15) is 6.61 Å². The van der Waals surface area contributed by atoms with Gasteiger partial charge in [-0.15, -0.1) is 0 Å². The highest BCUT2D eigenvalue weighted by Crippen LogP contribution is 2.17. The lowest BCUT2D eigenvalue weighted by Gasteiger charge is -2.22. The van der Waals surface area contributed by atoms with E-state index in [4.69, 9.17) is 9.84 Å². The van der Waals surface area contributed by atoms with Gasteiger partial charge in [-0.25, -0.2) is 4.79 Å². The molecule has 1 aliphatic carbocycles. The van der Waals surface area contributed by atoms with Crippen LogP contribution in [0.4, 0.5) is 4.79 Å². The third-order valence-electron chi connectivity index (χ3n) is 3.14. The molecular formula is C15H23NO3. The largest absolute Gasteiger partial charge is 0.445 e. The molecule has 1 aromatic rings. The summed E-state index contributed by atoms with van der Waals surface area (Å²) in [6.45, 7) is 0.347. The first-order valence-corrected chi connectivity index (χ1v) is 6.76. The molecule has 0 spiro atoms. The molecule has 0 heterocycles. The molecule has 1 aromatic carbocycles. The molecule has 106 valence electrons. The maximum absolute atomic E-state index is 11.6. The third kappa shape index (κ3) is 6.25. The number of hydrogen-bond donors (Lipinski definition) is 2. The summed E-state index contributed by atoms with van der Waals surface area (Å²) in [5, 5.41) is 9.93. The van der Waals surface area contributed by atoms with Crippen molar-refractivity contribution in [3.05, 3.63) is 35.9 Å². The zero-order valence-electron chi connectivity index (χ0n) is 11.5. The van der Waals surface area contributed by atoms with Gasteiger partial charge in [0.25, 0.3) is 0 Å². The highest BCUT2D eigenvalue weighted by atomic mass is 16.5. The number of hydrogen-bond acceptors (Lipinski definition) is 3. The minimum Gasteiger partial charge on any atom is -0.445 e. The molecule has 4 nitrogen and oxygen atoms in total. The summed E-state index contributed by atoms with van der Waals surface area (Å²) >= 11 is 0. The maximum atomic E-state index is 11.6. The minimum atomic E-state index is -0.291. The predicted molar refractivity (Wildman–Crippen MR) is 74.8 cm³/mol. The number of carbonyl (C=O) groups is 1. The van der Waals surface area contributed by atoms with E-state index in [9.17, 15) is 4.79 Å². The van der Waals surface area contributed by atoms with Crippen LogP contribution >= 0.6 is 0 Å². The van der Waals surface area contributed by atoms with Crippen molar-refractivity contribution >= 4 is 6.09 Å². The van der Waals surface area contributed by atoms with E-state index in [0.29, 0.717) is 12.6 Å². The van der Waals surface area contributed by atoms with Gasteiger partial charge in [-0.3, -0.25) is 0 Å². The third-order valence-corrected chi connectivity index (χ3v) is 3.14. The molecule has 0 saturated heterocycles. The summed E-state index contributed by atoms with van der Waals surface area (Å²) < 4.78 is 5.18. The van der Waals surface area contributed by atoms with Gasteiger partial charge < -0.3 is 15.2 Å². The first-order valence-electron chi connectivity index (χ1n) is 6.76. The number of amides is 1. The van der Waals surface area contributed by atoms with Crippen LogP contribution in [0.5, 0.6) is 0 Å². The monoisotopic (exact) mass is 265 g/mol. The van der Waals surface area contributed by atoms with Gasteiger partial charge in [0.05, 0.1) is 0 Å². The van der Waals surface area contributed by atoms with E-state index in [1.165, 1.54) is 19.3 Å². The number of alkyl carbamates (subject to hydrolysis) is 1. The number of aliphatic hydroxyl groups excluding tert-OH is 1. The zero-order valence-corrected chi connectivity index (χ0v) is 11.5. The number of rotatable bonds is 3. The molecule has 0 unspecified atom stereocenters. The van der Waals surface area contributed by atoms with Gasteiger partial charge in [0.15, 0.2) is 0 Å². The second-order valence-corrected chi connectivity index (χ2v) is 4.54. The SMILES string of the molecule is CO.O=C(NC1CCCCC1)OCc1ccccc1. The number of ether oxygens (including phenoxy) is 1. The molecule has 1 saturated carbocycles. The number of nitrogens with one attached hydrogen (secondary N) is 1. The number of aliphatic hydroxyl groups is 1. The van der Waals surface area contributed by atoms with Gasteiger partial charge in [-0.05, 0) is 18.4 Å². The van der Waals surface area contributed by atoms with Crippen molar-refractivity contribution in [3.8, 4) is 0 Å². The van der Waals surface area contributed by atoms with Crippen molar-refractivity contribution in [1.82, 2.24) is 5.32 Å². The summed E-state index contributed by atoms with van der Waals surface area (Å²) in [5.74, 6) is 0. The lowest BCUT2D eigenvalue weighted by atomic mass is 9.96. The van der Waals surface area contributed by atoms with Crippen molar-refractivity contribution in [1.29, 1.82) is 0 Å². The van der Waals surface area contributed by atoms with Crippen molar-refractivity contribution in [2.75, 3.05) is 7.11 Å². The second-order valence-electron chi connectivity index (χ2n) is 4.54. The number of carbonyl (C=O) groups excluding carboxylic acids is 1. The van der Waals surface area contributed by atoms with E-state index < -0.39 is 0 Å². The molecule has 0 atom stereocenters. The smallest absolute Gasteiger partial charge is 0.407 e. The van der Waals surface area contributed by atoms with Crippen LogP contribution in [0.2, 0.25) is 0 Å². The standard InChI is InChI=1S/C14H19NO2.CH4O/c16-14(15-13-9-5-2-6-10-13)17-11-12-7-3-1-4-8-12;1-2/h1,3-4,7-8,13H,2,5-6,9-11H2,(H,15,16);2H,1H3. The van der Waals surface area contributed by atoms with Crippen LogP contribution in [0.3, 0.4) is 0 Å². The Hall–Kier alpha value is -1.55. The predicted octanol–water partition coefficient (Wildman–Crippen LogP) is 2.85. The van der Waals surface area contributed by atoms with Crippen molar-refractivity contribution in [2.24, 2.45) is 0 Å². The normalized spacial score (nSPS) is 15.1. The molecule has 19 heavy (non-hydrogen) atoms. The van der Waals surface area contributed by atoms with E-state index in [-0.39, 0.29) is 6.09 Å². The summed E-state index contributed by atoms with van der Waals surface area (Å²) in [7, 11) is 1.00. The highest BCUT2D eigenvalue weighted by Gasteiger charge is 2.16. The fourth-order valence-electron chi connectivity index (χ4n) is 2.18. The highest BCUT2D eigenvalue weighted by molar-refractivity contribution is 5.67. The van der Waals surface area contributed by atoms with Crippen LogP contribution < -0.4 is 5.32 Å². The first-order chi connectivity index (χ1) is 9.34. The molecule has 2 N–H and O–H groups in total. The molecule has 0 aliphatic heterocycles. The Bertz CT molecular complexity index is 348. The summed E-state index contributed by atoms with van der Waals surface area (Å²) in [5.41, 5.74) is 1.02. The van der Waals surface area contributed by atoms with Gasteiger partial charge in [0, 0.05) is 13.2 Å². The van der Waals surface area contributed by atoms with Crippen molar-refractivity contribution < 1.29 is 14.6 Å². The second kappa shape index (κ2) is 9.39. The molecule has 1 aliphatic rings. The fourth-order valence-corrected chi connectivity index (χ4v) is 2.18. The Kier molecular flexibility index (Phi) is 7.66. The Morgan fingerprint density at radius 2 is 1.84 bits per heavy atom. The summed E-state index contributed by atoms with van der Waals surface area (Å²) in [6.07, 6.45) is 5.59. The first kappa shape index (κ1) is 15.5. The molecular weight excluding hydrogens is 242 g/mol. The van der Waals surface area contributed by atoms with E-state index >= 15 is 0 Å². The molecule has 0 radical (unpaired) electrons. The van der Waals surface area contributed by atoms with Crippen LogP contribution in [0.15, 0.2) is 30.3 Å². The van der Waals surface area contributed by atoms with Gasteiger partial charge >= 0.3 is 6.09 Å². The van der Waals surface area contributed by atoms with E-state index in [0.717, 1.165) is 25.5 Å². The van der Waals surface area contributed by atoms with Crippen LogP contribution in [0.25, 0.3) is 0 Å². The lowest BCUT2D eigenvalue weighted by Crippen LogP contribution is -2.36. The Labute approximate surface area is 114 Å². The summed E-state index contributed by atoms with van der Waals surface area (Å²) in [6, 6.07) is 10.1. The van der Waals surface area contributed by atoms with E-state index in [2.05, 4.69) is 5.32 Å². The minimum absolute atomic E-state index is 0.291. The van der Waals surface area contributed by atoms with Crippen LogP contribution in [-0.2, 0) is 11.3 Å². The Morgan fingerprint density at radius 1 is 1.21 bits per heavy atom. The topological polar surface area (TPSA) is 58.6 Å². The molecule has 2 rings (SSSR count). The molecule has 1 amide bonds. The average molecular weight is 265 g/mol. The molecule has 0 aromatic heterocycles. The Morgan fingerprint density at radius 3 is 2.47 bits per heavy atom. The maximum Gasteiger partial charge on any atom is 0.407 e. The zero-order chi connectivity index (χ0) is 13.9. The average Bonchev–Trinajstić information content (AvgIpc) is 2.49. The molecule has 0 bridgehead atoms. The summed E-state index contributed by atoms with van der Waals surface area (Å²) in [4.78, 5) is 11.6. The fraction of sp³-hybridized carbons (Fsp3) is 0.533. The quantitative estimate of drug-likeness (QED) is 0.883. The van der Waals surface area contributed by atoms with Crippen molar-refractivity contribution in [2.45, 2.75) is 44.8 Å². The van der Waals surface area contributed by atoms with Gasteiger partial charge in [-0.1, -0.05) is 49.6 Å². The van der Waals surface area contributed by atoms with Crippen LogP contribution in [0.1, 0.15) is 37.7 Å².